The Hall–Kier alpha value is -0.680. The van der Waals surface area contributed by atoms with Crippen LogP contribution in [0.5, 0.6) is 0 Å². The maximum Gasteiger partial charge on any atom is 0.156 e. The minimum absolute atomic E-state index is 0.0421. The lowest BCUT2D eigenvalue weighted by molar-refractivity contribution is -0.128. The van der Waals surface area contributed by atoms with Gasteiger partial charge in [0.1, 0.15) is 10.5 Å². The number of Topliss-reactive ketones (excluding diaryl/α,β-unsaturated/α-hetero) is 1. The van der Waals surface area contributed by atoms with E-state index in [-0.39, 0.29) is 30.0 Å². The molecule has 0 unspecified atom stereocenters. The Kier molecular flexibility index (Phi) is 3.01. The molecule has 6 atom stereocenters. The second kappa shape index (κ2) is 4.44. The summed E-state index contributed by atoms with van der Waals surface area (Å²) >= 11 is 0. The Morgan fingerprint density at radius 2 is 1.95 bits per heavy atom. The summed E-state index contributed by atoms with van der Waals surface area (Å²) in [5.41, 5.74) is 2.47. The van der Waals surface area contributed by atoms with Gasteiger partial charge in [0, 0.05) is 24.5 Å². The highest BCUT2D eigenvalue weighted by Gasteiger charge is 2.72. The van der Waals surface area contributed by atoms with Crippen LogP contribution >= 0.6 is 0 Å². The number of sulfone groups is 1. The molecule has 2 aliphatic carbocycles. The first-order valence-corrected chi connectivity index (χ1v) is 10.2. The zero-order valence-corrected chi connectivity index (χ0v) is 14.3. The van der Waals surface area contributed by atoms with Crippen molar-refractivity contribution in [3.8, 4) is 0 Å². The van der Waals surface area contributed by atoms with E-state index in [1.165, 1.54) is 17.4 Å². The van der Waals surface area contributed by atoms with Gasteiger partial charge in [0.2, 0.25) is 0 Å². The van der Waals surface area contributed by atoms with Gasteiger partial charge in [-0.1, -0.05) is 11.1 Å². The number of fused-ring (bicyclic) bond motifs is 8. The zero-order chi connectivity index (χ0) is 15.9. The third-order valence-corrected chi connectivity index (χ3v) is 8.89. The van der Waals surface area contributed by atoms with Crippen LogP contribution in [0.3, 0.4) is 0 Å². The third-order valence-electron chi connectivity index (χ3n) is 6.83. The van der Waals surface area contributed by atoms with Crippen molar-refractivity contribution in [3.63, 3.8) is 0 Å². The highest BCUT2D eigenvalue weighted by Crippen LogP contribution is 2.63. The molecule has 2 aliphatic heterocycles. The molecule has 2 heterocycles. The van der Waals surface area contributed by atoms with Gasteiger partial charge in [0.25, 0.3) is 0 Å². The van der Waals surface area contributed by atoms with E-state index in [0.717, 1.165) is 19.3 Å². The van der Waals surface area contributed by atoms with Crippen LogP contribution in [0.15, 0.2) is 11.1 Å². The molecule has 5 heteroatoms. The summed E-state index contributed by atoms with van der Waals surface area (Å²) in [4.78, 5) is 12.4. The van der Waals surface area contributed by atoms with Crippen molar-refractivity contribution in [2.45, 2.75) is 62.9 Å². The largest absolute Gasteiger partial charge is 0.372 e. The van der Waals surface area contributed by atoms with Gasteiger partial charge in [-0.3, -0.25) is 4.79 Å². The van der Waals surface area contributed by atoms with E-state index in [1.54, 1.807) is 0 Å². The molecule has 4 nitrogen and oxygen atoms in total. The molecule has 0 aromatic heterocycles. The highest BCUT2D eigenvalue weighted by molar-refractivity contribution is 7.92. The molecule has 122 valence electrons. The van der Waals surface area contributed by atoms with Crippen LogP contribution in [0.25, 0.3) is 0 Å². The number of ketones is 1. The number of hydrogen-bond donors (Lipinski definition) is 0. The van der Waals surface area contributed by atoms with Crippen LogP contribution in [0.4, 0.5) is 0 Å². The maximum absolute atomic E-state index is 12.8. The van der Waals surface area contributed by atoms with E-state index in [9.17, 15) is 13.2 Å². The maximum atomic E-state index is 12.8. The molecule has 3 fully saturated rings. The fourth-order valence-electron chi connectivity index (χ4n) is 5.74. The minimum Gasteiger partial charge on any atom is -0.372 e. The minimum atomic E-state index is -3.25. The number of carbonyl (C=O) groups is 1. The summed E-state index contributed by atoms with van der Waals surface area (Å²) in [5.74, 6) is 0.322. The Labute approximate surface area is 132 Å². The molecule has 4 aliphatic rings. The van der Waals surface area contributed by atoms with Crippen molar-refractivity contribution in [2.75, 3.05) is 6.26 Å². The van der Waals surface area contributed by atoms with Gasteiger partial charge >= 0.3 is 0 Å². The standard InChI is InChI=1S/C17H24O4S/c1-9-7-12-15-14-11(5-4-6-13(14)18)16(21-15)17(12,8-10(9)2)22(3,19)20/h11-12,14-16H,4-8H2,1-3H3/t11-,12+,14-,15-,16-,17-/m1/s1. The van der Waals surface area contributed by atoms with Crippen LogP contribution in [0.1, 0.15) is 46.0 Å². The fraction of sp³-hybridized carbons (Fsp3) is 0.824. The van der Waals surface area contributed by atoms with E-state index < -0.39 is 14.6 Å². The second-order valence-corrected chi connectivity index (χ2v) is 10.1. The molecule has 0 aromatic carbocycles. The first-order chi connectivity index (χ1) is 10.3. The van der Waals surface area contributed by atoms with Crippen molar-refractivity contribution >= 4 is 15.6 Å². The smallest absolute Gasteiger partial charge is 0.156 e. The van der Waals surface area contributed by atoms with E-state index in [4.69, 9.17) is 4.74 Å². The van der Waals surface area contributed by atoms with E-state index in [0.29, 0.717) is 18.6 Å². The summed E-state index contributed by atoms with van der Waals surface area (Å²) < 4.78 is 31.0. The van der Waals surface area contributed by atoms with Gasteiger partial charge in [-0.25, -0.2) is 8.42 Å². The lowest BCUT2D eigenvalue weighted by Gasteiger charge is -2.49. The highest BCUT2D eigenvalue weighted by atomic mass is 32.2. The number of allylic oxidation sites excluding steroid dienone is 2. The van der Waals surface area contributed by atoms with Crippen LogP contribution in [-0.2, 0) is 19.4 Å². The number of hydrogen-bond acceptors (Lipinski definition) is 4. The molecular formula is C17H24O4S. The van der Waals surface area contributed by atoms with Gasteiger partial charge in [0.15, 0.2) is 9.84 Å². The molecule has 0 amide bonds. The predicted octanol–water partition coefficient (Wildman–Crippen LogP) is 2.28. The number of carbonyl (C=O) groups excluding carboxylic acids is 1. The normalized spacial score (nSPS) is 47.6. The van der Waals surface area contributed by atoms with Gasteiger partial charge in [-0.15, -0.1) is 0 Å². The molecule has 22 heavy (non-hydrogen) atoms. The Morgan fingerprint density at radius 3 is 2.64 bits per heavy atom. The summed E-state index contributed by atoms with van der Waals surface area (Å²) in [7, 11) is -3.25. The molecular weight excluding hydrogens is 300 g/mol. The van der Waals surface area contributed by atoms with Gasteiger partial charge in [-0.05, 0) is 45.4 Å². The van der Waals surface area contributed by atoms with Gasteiger partial charge in [-0.2, -0.15) is 0 Å². The third kappa shape index (κ3) is 1.62. The molecule has 1 saturated carbocycles. The molecule has 2 saturated heterocycles. The number of rotatable bonds is 1. The second-order valence-electron chi connectivity index (χ2n) is 7.84. The summed E-state index contributed by atoms with van der Waals surface area (Å²) in [6, 6.07) is 0. The summed E-state index contributed by atoms with van der Waals surface area (Å²) in [6.07, 6.45) is 4.71. The molecule has 0 spiro atoms. The number of ether oxygens (including phenoxy) is 1. The van der Waals surface area contributed by atoms with Crippen molar-refractivity contribution in [2.24, 2.45) is 17.8 Å². The van der Waals surface area contributed by atoms with Crippen LogP contribution in [-0.4, -0.2) is 37.4 Å². The Balaban J connectivity index is 1.87. The zero-order valence-electron chi connectivity index (χ0n) is 13.5. The summed E-state index contributed by atoms with van der Waals surface area (Å²) in [5, 5.41) is 0. The molecule has 2 bridgehead atoms. The SMILES string of the molecule is CC1=C(C)C[C@]2(S(C)(=O)=O)[C@@H]3O[C@@H]([C@H]4C(=O)CCC[C@H]43)[C@@H]2C1. The first-order valence-electron chi connectivity index (χ1n) is 8.30. The topological polar surface area (TPSA) is 60.4 Å². The lowest BCUT2D eigenvalue weighted by Crippen LogP contribution is -2.61. The lowest BCUT2D eigenvalue weighted by atomic mass is 9.58. The average Bonchev–Trinajstić information content (AvgIpc) is 2.95. The van der Waals surface area contributed by atoms with Crippen molar-refractivity contribution in [1.29, 1.82) is 0 Å². The monoisotopic (exact) mass is 324 g/mol. The van der Waals surface area contributed by atoms with Gasteiger partial charge < -0.3 is 4.74 Å². The van der Waals surface area contributed by atoms with Gasteiger partial charge in [0.05, 0.1) is 12.2 Å². The Bertz CT molecular complexity index is 677. The van der Waals surface area contributed by atoms with E-state index in [2.05, 4.69) is 6.92 Å². The fourth-order valence-corrected chi connectivity index (χ4v) is 7.64. The molecule has 0 aromatic rings. The molecule has 0 N–H and O–H groups in total. The van der Waals surface area contributed by atoms with E-state index in [1.807, 2.05) is 6.92 Å². The summed E-state index contributed by atoms with van der Waals surface area (Å²) in [6.45, 7) is 4.14. The van der Waals surface area contributed by atoms with Crippen LogP contribution < -0.4 is 0 Å². The van der Waals surface area contributed by atoms with Crippen LogP contribution in [0, 0.1) is 17.8 Å². The van der Waals surface area contributed by atoms with Crippen molar-refractivity contribution in [3.05, 3.63) is 11.1 Å². The van der Waals surface area contributed by atoms with Crippen LogP contribution in [0.2, 0.25) is 0 Å². The average molecular weight is 324 g/mol. The molecule has 0 radical (unpaired) electrons. The first kappa shape index (κ1) is 14.9. The van der Waals surface area contributed by atoms with Crippen molar-refractivity contribution in [1.82, 2.24) is 0 Å². The molecule has 4 rings (SSSR count). The Morgan fingerprint density at radius 1 is 1.23 bits per heavy atom. The predicted molar refractivity (Wildman–Crippen MR) is 83.2 cm³/mol. The quantitative estimate of drug-likeness (QED) is 0.694. The van der Waals surface area contributed by atoms with E-state index >= 15 is 0 Å². The van der Waals surface area contributed by atoms with Crippen molar-refractivity contribution < 1.29 is 17.9 Å².